The van der Waals surface area contributed by atoms with Crippen LogP contribution in [-0.2, 0) is 0 Å². The molecule has 0 bridgehead atoms. The molecular weight excluding hydrogens is 272 g/mol. The molecule has 1 amide bonds. The molecule has 0 aliphatic carbocycles. The molecule has 1 fully saturated rings. The Hall–Kier alpha value is -1.89. The van der Waals surface area contributed by atoms with Gasteiger partial charge in [-0.15, -0.1) is 0 Å². The number of carbonyl (C=O) groups is 1. The van der Waals surface area contributed by atoms with E-state index in [9.17, 15) is 14.9 Å². The lowest BCUT2D eigenvalue weighted by molar-refractivity contribution is -0.384. The molecule has 0 saturated carbocycles. The number of nitro groups is 1. The third kappa shape index (κ3) is 2.92. The van der Waals surface area contributed by atoms with Gasteiger partial charge >= 0.3 is 0 Å². The molecule has 1 aliphatic heterocycles. The Kier molecular flexibility index (Phi) is 4.32. The van der Waals surface area contributed by atoms with Gasteiger partial charge in [-0.05, 0) is 39.7 Å². The Bertz CT molecular complexity index is 552. The van der Waals surface area contributed by atoms with Crippen molar-refractivity contribution in [3.8, 4) is 0 Å². The first-order valence-corrected chi connectivity index (χ1v) is 7.22. The molecule has 7 heteroatoms. The van der Waals surface area contributed by atoms with Crippen molar-refractivity contribution < 1.29 is 9.72 Å². The van der Waals surface area contributed by atoms with E-state index in [0.29, 0.717) is 24.7 Å². The monoisotopic (exact) mass is 294 g/mol. The highest BCUT2D eigenvalue weighted by atomic mass is 16.6. The summed E-state index contributed by atoms with van der Waals surface area (Å²) in [5.41, 5.74) is 6.02. The molecule has 2 atom stereocenters. The fourth-order valence-corrected chi connectivity index (χ4v) is 2.91. The molecule has 2 unspecified atom stereocenters. The van der Waals surface area contributed by atoms with Gasteiger partial charge in [-0.3, -0.25) is 14.9 Å². The summed E-state index contributed by atoms with van der Waals surface area (Å²) >= 11 is 0. The molecular formula is C14H22N4O3. The summed E-state index contributed by atoms with van der Waals surface area (Å²) in [6.07, 6.45) is 2.31. The maximum absolute atomic E-state index is 12.7. The molecule has 0 aromatic carbocycles. The molecule has 1 aromatic rings. The number of rotatable bonds is 4. The van der Waals surface area contributed by atoms with Gasteiger partial charge in [-0.2, -0.15) is 0 Å². The average molecular weight is 294 g/mol. The molecule has 0 radical (unpaired) electrons. The minimum absolute atomic E-state index is 0.0131. The minimum atomic E-state index is -0.467. The highest BCUT2D eigenvalue weighted by Gasteiger charge is 2.34. The Morgan fingerprint density at radius 1 is 1.57 bits per heavy atom. The first kappa shape index (κ1) is 15.5. The van der Waals surface area contributed by atoms with Crippen LogP contribution in [0, 0.1) is 16.0 Å². The van der Waals surface area contributed by atoms with E-state index in [1.165, 1.54) is 12.3 Å². The first-order chi connectivity index (χ1) is 9.85. The lowest BCUT2D eigenvalue weighted by atomic mass is 10.1. The lowest BCUT2D eigenvalue weighted by Gasteiger charge is -2.23. The van der Waals surface area contributed by atoms with Crippen LogP contribution in [0.4, 0.5) is 5.69 Å². The largest absolute Gasteiger partial charge is 0.335 e. The number of likely N-dealkylation sites (tertiary alicyclic amines) is 1. The summed E-state index contributed by atoms with van der Waals surface area (Å²) in [5, 5.41) is 10.9. The molecule has 21 heavy (non-hydrogen) atoms. The van der Waals surface area contributed by atoms with Crippen molar-refractivity contribution >= 4 is 11.6 Å². The second-order valence-corrected chi connectivity index (χ2v) is 5.99. The van der Waals surface area contributed by atoms with E-state index in [2.05, 4.69) is 0 Å². The molecule has 2 heterocycles. The van der Waals surface area contributed by atoms with Gasteiger partial charge in [0.05, 0.1) is 11.1 Å². The molecule has 1 saturated heterocycles. The van der Waals surface area contributed by atoms with Crippen LogP contribution in [0.15, 0.2) is 12.3 Å². The Morgan fingerprint density at radius 2 is 2.24 bits per heavy atom. The summed E-state index contributed by atoms with van der Waals surface area (Å²) in [6.45, 7) is 6.96. The van der Waals surface area contributed by atoms with Crippen LogP contribution in [0.2, 0.25) is 0 Å². The minimum Gasteiger partial charge on any atom is -0.335 e. The number of nitrogens with two attached hydrogens (primary N) is 1. The summed E-state index contributed by atoms with van der Waals surface area (Å²) < 4.78 is 1.67. The molecule has 116 valence electrons. The number of aromatic nitrogens is 1. The highest BCUT2D eigenvalue weighted by molar-refractivity contribution is 5.94. The van der Waals surface area contributed by atoms with E-state index in [1.807, 2.05) is 20.8 Å². The van der Waals surface area contributed by atoms with Crippen molar-refractivity contribution in [3.05, 3.63) is 28.1 Å². The fraction of sp³-hybridized carbons (Fsp3) is 0.643. The molecule has 2 rings (SSSR count). The molecule has 1 aromatic heterocycles. The standard InChI is InChI=1S/C14H22N4O3/c1-9(2)16-8-12(18(20)21)5-13(16)14(19)17-7-11(6-15)4-10(17)3/h5,8-11H,4,6-7,15H2,1-3H3. The van der Waals surface area contributed by atoms with E-state index in [1.54, 1.807) is 9.47 Å². The number of hydrogen-bond donors (Lipinski definition) is 1. The maximum atomic E-state index is 12.7. The Balaban J connectivity index is 2.32. The summed E-state index contributed by atoms with van der Waals surface area (Å²) in [4.78, 5) is 25.0. The van der Waals surface area contributed by atoms with Gasteiger partial charge < -0.3 is 15.2 Å². The zero-order valence-electron chi connectivity index (χ0n) is 12.7. The number of amides is 1. The van der Waals surface area contributed by atoms with Crippen LogP contribution < -0.4 is 5.73 Å². The van der Waals surface area contributed by atoms with E-state index < -0.39 is 4.92 Å². The predicted octanol–water partition coefficient (Wildman–Crippen LogP) is 1.79. The van der Waals surface area contributed by atoms with Crippen molar-refractivity contribution in [2.24, 2.45) is 11.7 Å². The summed E-state index contributed by atoms with van der Waals surface area (Å²) in [5.74, 6) is 0.154. The van der Waals surface area contributed by atoms with Crippen LogP contribution in [0.5, 0.6) is 0 Å². The quantitative estimate of drug-likeness (QED) is 0.676. The summed E-state index contributed by atoms with van der Waals surface area (Å²) in [6, 6.07) is 1.46. The smallest absolute Gasteiger partial charge is 0.287 e. The normalized spacial score (nSPS) is 22.0. The number of carbonyl (C=O) groups excluding carboxylic acids is 1. The average Bonchev–Trinajstić information content (AvgIpc) is 3.01. The maximum Gasteiger partial charge on any atom is 0.287 e. The molecule has 7 nitrogen and oxygen atoms in total. The summed E-state index contributed by atoms with van der Waals surface area (Å²) in [7, 11) is 0. The fourth-order valence-electron chi connectivity index (χ4n) is 2.91. The zero-order chi connectivity index (χ0) is 15.7. The van der Waals surface area contributed by atoms with E-state index in [4.69, 9.17) is 5.73 Å². The number of hydrogen-bond acceptors (Lipinski definition) is 4. The zero-order valence-corrected chi connectivity index (χ0v) is 12.7. The van der Waals surface area contributed by atoms with Crippen molar-refractivity contribution in [2.45, 2.75) is 39.3 Å². The van der Waals surface area contributed by atoms with Crippen LogP contribution in [0.1, 0.15) is 43.7 Å². The van der Waals surface area contributed by atoms with E-state index in [-0.39, 0.29) is 23.7 Å². The van der Waals surface area contributed by atoms with Crippen molar-refractivity contribution in [3.63, 3.8) is 0 Å². The van der Waals surface area contributed by atoms with Gasteiger partial charge in [-0.1, -0.05) is 0 Å². The molecule has 2 N–H and O–H groups in total. The van der Waals surface area contributed by atoms with Gasteiger partial charge in [0.15, 0.2) is 0 Å². The second kappa shape index (κ2) is 5.85. The van der Waals surface area contributed by atoms with Crippen LogP contribution in [-0.4, -0.2) is 39.4 Å². The van der Waals surface area contributed by atoms with Crippen molar-refractivity contribution in [2.75, 3.05) is 13.1 Å². The highest BCUT2D eigenvalue weighted by Crippen LogP contribution is 2.27. The van der Waals surface area contributed by atoms with Crippen LogP contribution in [0.25, 0.3) is 0 Å². The SMILES string of the molecule is CC1CC(CN)CN1C(=O)c1cc([N+](=O)[O-])cn1C(C)C. The number of nitrogens with zero attached hydrogens (tertiary/aromatic N) is 3. The molecule has 0 spiro atoms. The van der Waals surface area contributed by atoms with Gasteiger partial charge in [0.1, 0.15) is 5.69 Å². The van der Waals surface area contributed by atoms with Crippen molar-refractivity contribution in [1.82, 2.24) is 9.47 Å². The van der Waals surface area contributed by atoms with Gasteiger partial charge in [0.25, 0.3) is 11.6 Å². The van der Waals surface area contributed by atoms with Gasteiger partial charge in [0, 0.05) is 24.7 Å². The topological polar surface area (TPSA) is 94.4 Å². The first-order valence-electron chi connectivity index (χ1n) is 7.22. The third-order valence-corrected chi connectivity index (χ3v) is 4.08. The van der Waals surface area contributed by atoms with E-state index >= 15 is 0 Å². The van der Waals surface area contributed by atoms with Crippen molar-refractivity contribution in [1.29, 1.82) is 0 Å². The van der Waals surface area contributed by atoms with Gasteiger partial charge in [0.2, 0.25) is 0 Å². The lowest BCUT2D eigenvalue weighted by Crippen LogP contribution is -2.35. The predicted molar refractivity (Wildman–Crippen MR) is 79.1 cm³/mol. The van der Waals surface area contributed by atoms with Gasteiger partial charge in [-0.25, -0.2) is 0 Å². The third-order valence-electron chi connectivity index (χ3n) is 4.08. The van der Waals surface area contributed by atoms with Crippen LogP contribution in [0.3, 0.4) is 0 Å². The van der Waals surface area contributed by atoms with E-state index in [0.717, 1.165) is 6.42 Å². The Morgan fingerprint density at radius 3 is 2.71 bits per heavy atom. The van der Waals surface area contributed by atoms with Crippen LogP contribution >= 0.6 is 0 Å². The second-order valence-electron chi connectivity index (χ2n) is 5.99. The Labute approximate surface area is 123 Å². The molecule has 1 aliphatic rings.